The highest BCUT2D eigenvalue weighted by molar-refractivity contribution is 6.07. The lowest BCUT2D eigenvalue weighted by atomic mass is 10.1. The van der Waals surface area contributed by atoms with E-state index in [2.05, 4.69) is 15.3 Å². The first-order valence-corrected chi connectivity index (χ1v) is 9.10. The molecule has 1 fully saturated rings. The van der Waals surface area contributed by atoms with E-state index in [1.54, 1.807) is 0 Å². The van der Waals surface area contributed by atoms with Crippen LogP contribution >= 0.6 is 0 Å². The number of fused-ring (bicyclic) bond motifs is 2. The highest BCUT2D eigenvalue weighted by Crippen LogP contribution is 2.29. The van der Waals surface area contributed by atoms with Crippen molar-refractivity contribution < 1.29 is 13.9 Å². The highest BCUT2D eigenvalue weighted by Gasteiger charge is 2.21. The summed E-state index contributed by atoms with van der Waals surface area (Å²) in [5.74, 6) is 0.918. The molecule has 1 saturated heterocycles. The minimum absolute atomic E-state index is 0.0358. The van der Waals surface area contributed by atoms with Gasteiger partial charge in [0.1, 0.15) is 17.5 Å². The Balaban J connectivity index is 1.43. The van der Waals surface area contributed by atoms with E-state index in [1.807, 2.05) is 49.4 Å². The third-order valence-electron chi connectivity index (χ3n) is 5.04. The molecule has 5 rings (SSSR count). The molecule has 0 bridgehead atoms. The van der Waals surface area contributed by atoms with Gasteiger partial charge in [0.15, 0.2) is 5.76 Å². The fourth-order valence-electron chi connectivity index (χ4n) is 3.63. The van der Waals surface area contributed by atoms with Gasteiger partial charge in [-0.05, 0) is 44.0 Å². The van der Waals surface area contributed by atoms with E-state index in [0.29, 0.717) is 17.0 Å². The van der Waals surface area contributed by atoms with Gasteiger partial charge in [0.25, 0.3) is 5.91 Å². The quantitative estimate of drug-likeness (QED) is 0.553. The number of para-hydroxylation sites is 1. The molecule has 3 heterocycles. The molecule has 6 nitrogen and oxygen atoms in total. The SMILES string of the molecule is Cc1c(C(=O)Nc2ccc3nc(C4CCCO4)[nH]c3c2)oc2ccccc12. The van der Waals surface area contributed by atoms with Crippen molar-refractivity contribution in [2.24, 2.45) is 0 Å². The second kappa shape index (κ2) is 6.25. The topological polar surface area (TPSA) is 80.1 Å². The van der Waals surface area contributed by atoms with Gasteiger partial charge >= 0.3 is 0 Å². The molecule has 2 aromatic carbocycles. The van der Waals surface area contributed by atoms with Crippen LogP contribution in [0.3, 0.4) is 0 Å². The summed E-state index contributed by atoms with van der Waals surface area (Å²) >= 11 is 0. The number of nitrogens with zero attached hydrogens (tertiary/aromatic N) is 1. The average molecular weight is 361 g/mol. The zero-order chi connectivity index (χ0) is 18.4. The number of hydrogen-bond acceptors (Lipinski definition) is 4. The van der Waals surface area contributed by atoms with Crippen LogP contribution in [0.25, 0.3) is 22.0 Å². The smallest absolute Gasteiger partial charge is 0.291 e. The number of nitrogens with one attached hydrogen (secondary N) is 2. The van der Waals surface area contributed by atoms with Crippen LogP contribution in [-0.2, 0) is 4.74 Å². The van der Waals surface area contributed by atoms with Crippen molar-refractivity contribution >= 4 is 33.6 Å². The first kappa shape index (κ1) is 16.1. The lowest BCUT2D eigenvalue weighted by molar-refractivity contribution is 0.0998. The van der Waals surface area contributed by atoms with Crippen molar-refractivity contribution in [3.05, 3.63) is 59.6 Å². The summed E-state index contributed by atoms with van der Waals surface area (Å²) < 4.78 is 11.4. The van der Waals surface area contributed by atoms with Gasteiger partial charge in [-0.25, -0.2) is 4.98 Å². The van der Waals surface area contributed by atoms with Crippen LogP contribution in [0.5, 0.6) is 0 Å². The number of H-pyrrole nitrogens is 1. The standard InChI is InChI=1S/C21H19N3O3/c1-12-14-5-2-3-6-17(14)27-19(12)21(25)22-13-8-9-15-16(11-13)24-20(23-15)18-7-4-10-26-18/h2-3,5-6,8-9,11,18H,4,7,10H2,1H3,(H,22,25)(H,23,24). The fourth-order valence-corrected chi connectivity index (χ4v) is 3.63. The maximum absolute atomic E-state index is 12.7. The van der Waals surface area contributed by atoms with Crippen LogP contribution < -0.4 is 5.32 Å². The molecular formula is C21H19N3O3. The Labute approximate surface area is 155 Å². The summed E-state index contributed by atoms with van der Waals surface area (Å²) in [6, 6.07) is 13.3. The summed E-state index contributed by atoms with van der Waals surface area (Å²) in [6.07, 6.45) is 2.07. The van der Waals surface area contributed by atoms with Crippen molar-refractivity contribution in [2.75, 3.05) is 11.9 Å². The fraction of sp³-hybridized carbons (Fsp3) is 0.238. The normalized spacial score (nSPS) is 17.0. The maximum Gasteiger partial charge on any atom is 0.291 e. The molecule has 1 unspecified atom stereocenters. The van der Waals surface area contributed by atoms with Crippen LogP contribution in [0.2, 0.25) is 0 Å². The van der Waals surface area contributed by atoms with Gasteiger partial charge in [0, 0.05) is 23.2 Å². The van der Waals surface area contributed by atoms with Gasteiger partial charge in [0.2, 0.25) is 0 Å². The lowest BCUT2D eigenvalue weighted by Crippen LogP contribution is -2.12. The first-order valence-electron chi connectivity index (χ1n) is 9.10. The summed E-state index contributed by atoms with van der Waals surface area (Å²) in [5.41, 5.74) is 3.98. The Bertz CT molecular complexity index is 1150. The number of hydrogen-bond donors (Lipinski definition) is 2. The molecule has 0 radical (unpaired) electrons. The van der Waals surface area contributed by atoms with Gasteiger partial charge in [-0.2, -0.15) is 0 Å². The van der Waals surface area contributed by atoms with E-state index in [4.69, 9.17) is 9.15 Å². The Morgan fingerprint density at radius 2 is 2.15 bits per heavy atom. The number of benzene rings is 2. The Hall–Kier alpha value is -3.12. The van der Waals surface area contributed by atoms with Crippen LogP contribution in [0.15, 0.2) is 46.9 Å². The lowest BCUT2D eigenvalue weighted by Gasteiger charge is -2.04. The van der Waals surface area contributed by atoms with E-state index >= 15 is 0 Å². The third-order valence-corrected chi connectivity index (χ3v) is 5.04. The molecule has 27 heavy (non-hydrogen) atoms. The summed E-state index contributed by atoms with van der Waals surface area (Å²) in [5, 5.41) is 3.87. The number of ether oxygens (including phenoxy) is 1. The van der Waals surface area contributed by atoms with E-state index in [9.17, 15) is 4.79 Å². The van der Waals surface area contributed by atoms with Crippen molar-refractivity contribution in [2.45, 2.75) is 25.9 Å². The molecule has 1 atom stereocenters. The monoisotopic (exact) mass is 361 g/mol. The predicted octanol–water partition coefficient (Wildman–Crippen LogP) is 4.72. The van der Waals surface area contributed by atoms with E-state index in [1.165, 1.54) is 0 Å². The summed E-state index contributed by atoms with van der Waals surface area (Å²) in [4.78, 5) is 20.6. The molecule has 6 heteroatoms. The second-order valence-corrected chi connectivity index (χ2v) is 6.86. The molecule has 4 aromatic rings. The van der Waals surface area contributed by atoms with Gasteiger partial charge in [-0.3, -0.25) is 4.79 Å². The minimum Gasteiger partial charge on any atom is -0.451 e. The number of amides is 1. The zero-order valence-corrected chi connectivity index (χ0v) is 14.9. The largest absolute Gasteiger partial charge is 0.451 e. The van der Waals surface area contributed by atoms with Crippen LogP contribution in [-0.4, -0.2) is 22.5 Å². The Morgan fingerprint density at radius 3 is 2.96 bits per heavy atom. The van der Waals surface area contributed by atoms with E-state index in [-0.39, 0.29) is 12.0 Å². The number of carbonyl (C=O) groups excluding carboxylic acids is 1. The molecule has 2 N–H and O–H groups in total. The van der Waals surface area contributed by atoms with E-state index < -0.39 is 0 Å². The summed E-state index contributed by atoms with van der Waals surface area (Å²) in [7, 11) is 0. The first-order chi connectivity index (χ1) is 13.2. The van der Waals surface area contributed by atoms with Crippen LogP contribution in [0.4, 0.5) is 5.69 Å². The Morgan fingerprint density at radius 1 is 1.26 bits per heavy atom. The van der Waals surface area contributed by atoms with E-state index in [0.717, 1.165) is 47.3 Å². The van der Waals surface area contributed by atoms with Gasteiger partial charge in [-0.1, -0.05) is 18.2 Å². The molecule has 1 amide bonds. The number of anilines is 1. The highest BCUT2D eigenvalue weighted by atomic mass is 16.5. The predicted molar refractivity (Wildman–Crippen MR) is 103 cm³/mol. The van der Waals surface area contributed by atoms with Crippen molar-refractivity contribution in [1.29, 1.82) is 0 Å². The Kier molecular flexibility index (Phi) is 3.72. The maximum atomic E-state index is 12.7. The molecular weight excluding hydrogens is 342 g/mol. The molecule has 2 aromatic heterocycles. The molecule has 0 aliphatic carbocycles. The second-order valence-electron chi connectivity index (χ2n) is 6.86. The van der Waals surface area contributed by atoms with Crippen molar-refractivity contribution in [1.82, 2.24) is 9.97 Å². The molecule has 136 valence electrons. The zero-order valence-electron chi connectivity index (χ0n) is 14.9. The number of aryl methyl sites for hydroxylation is 1. The number of imidazole rings is 1. The van der Waals surface area contributed by atoms with Gasteiger partial charge in [0.05, 0.1) is 11.0 Å². The number of aromatic amines is 1. The van der Waals surface area contributed by atoms with Gasteiger partial charge < -0.3 is 19.5 Å². The number of furan rings is 1. The van der Waals surface area contributed by atoms with Crippen LogP contribution in [0.1, 0.15) is 40.9 Å². The number of carbonyl (C=O) groups is 1. The number of rotatable bonds is 3. The van der Waals surface area contributed by atoms with Crippen LogP contribution in [0, 0.1) is 6.92 Å². The molecule has 0 spiro atoms. The molecule has 0 saturated carbocycles. The minimum atomic E-state index is -0.262. The third kappa shape index (κ3) is 2.78. The molecule has 1 aliphatic heterocycles. The number of aromatic nitrogens is 2. The van der Waals surface area contributed by atoms with Crippen molar-refractivity contribution in [3.8, 4) is 0 Å². The average Bonchev–Trinajstić information content (AvgIpc) is 3.40. The summed E-state index contributed by atoms with van der Waals surface area (Å²) in [6.45, 7) is 2.67. The van der Waals surface area contributed by atoms with Crippen molar-refractivity contribution in [3.63, 3.8) is 0 Å². The van der Waals surface area contributed by atoms with Gasteiger partial charge in [-0.15, -0.1) is 0 Å². The molecule has 1 aliphatic rings.